The Hall–Kier alpha value is -1.77. The van der Waals surface area contributed by atoms with E-state index in [0.29, 0.717) is 29.2 Å². The standard InChI is InChI=1S/C17H18BrNO5S/c1-11(12-3-5-14-16(9-12)24-8-7-23-14)19-25(20,21)17-10-13(18)4-6-15(17)22-2/h3-6,9-11,19H,7-8H2,1-2H3/t11-/m1/s1. The Morgan fingerprint density at radius 2 is 1.84 bits per heavy atom. The summed E-state index contributed by atoms with van der Waals surface area (Å²) in [5.41, 5.74) is 0.779. The van der Waals surface area contributed by atoms with Crippen molar-refractivity contribution in [1.82, 2.24) is 4.72 Å². The molecule has 1 aliphatic rings. The maximum Gasteiger partial charge on any atom is 0.244 e. The number of nitrogens with one attached hydrogen (secondary N) is 1. The number of hydrogen-bond donors (Lipinski definition) is 1. The zero-order valence-electron chi connectivity index (χ0n) is 13.8. The molecule has 0 saturated heterocycles. The van der Waals surface area contributed by atoms with Crippen LogP contribution in [0.25, 0.3) is 0 Å². The van der Waals surface area contributed by atoms with Gasteiger partial charge in [-0.05, 0) is 42.8 Å². The maximum absolute atomic E-state index is 12.8. The number of ether oxygens (including phenoxy) is 3. The second-order valence-electron chi connectivity index (χ2n) is 5.54. The summed E-state index contributed by atoms with van der Waals surface area (Å²) in [6.07, 6.45) is 0. The highest BCUT2D eigenvalue weighted by Gasteiger charge is 2.24. The molecule has 1 heterocycles. The summed E-state index contributed by atoms with van der Waals surface area (Å²) >= 11 is 3.29. The summed E-state index contributed by atoms with van der Waals surface area (Å²) in [6.45, 7) is 2.76. The van der Waals surface area contributed by atoms with Crippen molar-refractivity contribution in [3.8, 4) is 17.2 Å². The minimum absolute atomic E-state index is 0.0776. The van der Waals surface area contributed by atoms with Crippen LogP contribution in [0, 0.1) is 0 Å². The molecule has 1 atom stereocenters. The first kappa shape index (κ1) is 18.0. The van der Waals surface area contributed by atoms with E-state index in [9.17, 15) is 8.42 Å². The van der Waals surface area contributed by atoms with Gasteiger partial charge in [0.25, 0.3) is 0 Å². The van der Waals surface area contributed by atoms with Gasteiger partial charge in [-0.1, -0.05) is 22.0 Å². The number of methoxy groups -OCH3 is 1. The van der Waals surface area contributed by atoms with Gasteiger partial charge in [0.2, 0.25) is 10.0 Å². The van der Waals surface area contributed by atoms with Crippen LogP contribution in [0.1, 0.15) is 18.5 Å². The molecule has 0 aliphatic carbocycles. The molecule has 2 aromatic carbocycles. The van der Waals surface area contributed by atoms with E-state index in [0.717, 1.165) is 5.56 Å². The van der Waals surface area contributed by atoms with Crippen molar-refractivity contribution in [1.29, 1.82) is 0 Å². The first-order valence-corrected chi connectivity index (χ1v) is 9.94. The monoisotopic (exact) mass is 427 g/mol. The fourth-order valence-corrected chi connectivity index (χ4v) is 4.49. The van der Waals surface area contributed by atoms with Crippen molar-refractivity contribution in [2.45, 2.75) is 17.9 Å². The van der Waals surface area contributed by atoms with Crippen LogP contribution in [-0.4, -0.2) is 28.7 Å². The van der Waals surface area contributed by atoms with Crippen molar-refractivity contribution < 1.29 is 22.6 Å². The molecule has 0 unspecified atom stereocenters. The average molecular weight is 428 g/mol. The molecule has 25 heavy (non-hydrogen) atoms. The van der Waals surface area contributed by atoms with Gasteiger partial charge in [-0.3, -0.25) is 0 Å². The van der Waals surface area contributed by atoms with Crippen LogP contribution in [0.15, 0.2) is 45.8 Å². The molecule has 1 N–H and O–H groups in total. The predicted octanol–water partition coefficient (Wildman–Crippen LogP) is 3.27. The average Bonchev–Trinajstić information content (AvgIpc) is 2.61. The van der Waals surface area contributed by atoms with E-state index in [1.54, 1.807) is 31.2 Å². The van der Waals surface area contributed by atoms with Crippen molar-refractivity contribution in [2.75, 3.05) is 20.3 Å². The predicted molar refractivity (Wildman–Crippen MR) is 96.9 cm³/mol. The molecule has 0 spiro atoms. The zero-order valence-corrected chi connectivity index (χ0v) is 16.2. The van der Waals surface area contributed by atoms with E-state index in [-0.39, 0.29) is 10.6 Å². The van der Waals surface area contributed by atoms with Gasteiger partial charge in [-0.15, -0.1) is 0 Å². The Bertz CT molecular complexity index is 885. The number of hydrogen-bond acceptors (Lipinski definition) is 5. The molecule has 0 fully saturated rings. The van der Waals surface area contributed by atoms with Crippen molar-refractivity contribution in [3.05, 3.63) is 46.4 Å². The summed E-state index contributed by atoms with van der Waals surface area (Å²) in [5, 5.41) is 0. The zero-order chi connectivity index (χ0) is 18.0. The van der Waals surface area contributed by atoms with Gasteiger partial charge in [0.15, 0.2) is 11.5 Å². The first-order chi connectivity index (χ1) is 11.9. The van der Waals surface area contributed by atoms with Crippen molar-refractivity contribution in [2.24, 2.45) is 0 Å². The number of sulfonamides is 1. The topological polar surface area (TPSA) is 73.9 Å². The molecule has 0 saturated carbocycles. The molecule has 134 valence electrons. The highest BCUT2D eigenvalue weighted by Crippen LogP contribution is 2.33. The van der Waals surface area contributed by atoms with E-state index >= 15 is 0 Å². The van der Waals surface area contributed by atoms with E-state index in [1.165, 1.54) is 13.2 Å². The SMILES string of the molecule is COc1ccc(Br)cc1S(=O)(=O)N[C@H](C)c1ccc2c(c1)OCCO2. The number of rotatable bonds is 5. The molecule has 0 radical (unpaired) electrons. The van der Waals surface area contributed by atoms with E-state index in [4.69, 9.17) is 14.2 Å². The normalized spacial score (nSPS) is 14.8. The molecule has 6 nitrogen and oxygen atoms in total. The van der Waals surface area contributed by atoms with Crippen molar-refractivity contribution in [3.63, 3.8) is 0 Å². The Morgan fingerprint density at radius 3 is 2.56 bits per heavy atom. The minimum atomic E-state index is -3.77. The van der Waals surface area contributed by atoms with Crippen LogP contribution >= 0.6 is 15.9 Å². The minimum Gasteiger partial charge on any atom is -0.495 e. The summed E-state index contributed by atoms with van der Waals surface area (Å²) in [6, 6.07) is 9.78. The van der Waals surface area contributed by atoms with E-state index in [1.807, 2.05) is 6.07 Å². The van der Waals surface area contributed by atoms with Gasteiger partial charge in [-0.25, -0.2) is 13.1 Å². The fourth-order valence-electron chi connectivity index (χ4n) is 2.55. The largest absolute Gasteiger partial charge is 0.495 e. The fraction of sp³-hybridized carbons (Fsp3) is 0.294. The molecule has 3 rings (SSSR count). The van der Waals surface area contributed by atoms with Crippen LogP contribution in [0.4, 0.5) is 0 Å². The number of halogens is 1. The molecule has 1 aliphatic heterocycles. The van der Waals surface area contributed by atoms with Crippen LogP contribution in [0.3, 0.4) is 0 Å². The van der Waals surface area contributed by atoms with Crippen molar-refractivity contribution >= 4 is 26.0 Å². The van der Waals surface area contributed by atoms with Gasteiger partial charge in [0.05, 0.1) is 7.11 Å². The Morgan fingerprint density at radius 1 is 1.12 bits per heavy atom. The smallest absolute Gasteiger partial charge is 0.244 e. The van der Waals surface area contributed by atoms with Crippen LogP contribution in [0.5, 0.6) is 17.2 Å². The third-order valence-corrected chi connectivity index (χ3v) is 5.87. The quantitative estimate of drug-likeness (QED) is 0.792. The molecular formula is C17H18BrNO5S. The molecule has 0 bridgehead atoms. The highest BCUT2D eigenvalue weighted by molar-refractivity contribution is 9.10. The lowest BCUT2D eigenvalue weighted by molar-refractivity contribution is 0.171. The molecule has 8 heteroatoms. The third kappa shape index (κ3) is 3.91. The summed E-state index contributed by atoms with van der Waals surface area (Å²) < 4.78 is 45.1. The van der Waals surface area contributed by atoms with E-state index in [2.05, 4.69) is 20.7 Å². The second kappa shape index (κ2) is 7.23. The lowest BCUT2D eigenvalue weighted by atomic mass is 10.1. The second-order valence-corrected chi connectivity index (χ2v) is 8.14. The third-order valence-electron chi connectivity index (χ3n) is 3.81. The summed E-state index contributed by atoms with van der Waals surface area (Å²) in [4.78, 5) is 0.0776. The number of benzene rings is 2. The van der Waals surface area contributed by atoms with Crippen LogP contribution in [-0.2, 0) is 10.0 Å². The van der Waals surface area contributed by atoms with Gasteiger partial charge >= 0.3 is 0 Å². The van der Waals surface area contributed by atoms with Gasteiger partial charge in [-0.2, -0.15) is 0 Å². The lowest BCUT2D eigenvalue weighted by Crippen LogP contribution is -2.27. The molecule has 0 amide bonds. The summed E-state index contributed by atoms with van der Waals surface area (Å²) in [5.74, 6) is 1.57. The Labute approximate surface area is 155 Å². The molecule has 0 aromatic heterocycles. The Balaban J connectivity index is 1.87. The van der Waals surface area contributed by atoms with E-state index < -0.39 is 16.1 Å². The summed E-state index contributed by atoms with van der Waals surface area (Å²) in [7, 11) is -2.33. The van der Waals surface area contributed by atoms with Crippen LogP contribution in [0.2, 0.25) is 0 Å². The first-order valence-electron chi connectivity index (χ1n) is 7.66. The Kier molecular flexibility index (Phi) is 5.21. The highest BCUT2D eigenvalue weighted by atomic mass is 79.9. The lowest BCUT2D eigenvalue weighted by Gasteiger charge is -2.21. The van der Waals surface area contributed by atoms with Crippen LogP contribution < -0.4 is 18.9 Å². The molecule has 2 aromatic rings. The van der Waals surface area contributed by atoms with Gasteiger partial charge < -0.3 is 14.2 Å². The maximum atomic E-state index is 12.8. The van der Waals surface area contributed by atoms with Gasteiger partial charge in [0.1, 0.15) is 23.9 Å². The van der Waals surface area contributed by atoms with Gasteiger partial charge in [0, 0.05) is 10.5 Å². The molecular weight excluding hydrogens is 410 g/mol. The number of fused-ring (bicyclic) bond motifs is 1.